The Morgan fingerprint density at radius 3 is 2.31 bits per heavy atom. The lowest BCUT2D eigenvalue weighted by molar-refractivity contribution is -0.146. The predicted molar refractivity (Wildman–Crippen MR) is 48.4 cm³/mol. The van der Waals surface area contributed by atoms with E-state index in [0.29, 0.717) is 24.9 Å². The number of hydrogen-bond acceptors (Lipinski definition) is 3. The minimum atomic E-state index is -0.960. The first-order valence-electron chi connectivity index (χ1n) is 4.77. The molecule has 3 N–H and O–H groups in total. The van der Waals surface area contributed by atoms with Crippen LogP contribution in [0, 0.1) is 0 Å². The summed E-state index contributed by atoms with van der Waals surface area (Å²) >= 11 is 0. The van der Waals surface area contributed by atoms with Crippen molar-refractivity contribution in [2.45, 2.75) is 43.3 Å². The van der Waals surface area contributed by atoms with Gasteiger partial charge in [-0.3, -0.25) is 4.79 Å². The van der Waals surface area contributed by atoms with E-state index in [1.165, 1.54) is 0 Å². The van der Waals surface area contributed by atoms with Crippen LogP contribution in [0.4, 0.5) is 0 Å². The molecule has 0 aliphatic carbocycles. The first-order chi connectivity index (χ1) is 6.03. The Hall–Kier alpha value is -0.610. The molecule has 2 saturated heterocycles. The molecule has 4 nitrogen and oxygen atoms in total. The van der Waals surface area contributed by atoms with Crippen molar-refractivity contribution >= 4 is 5.97 Å². The Morgan fingerprint density at radius 2 is 1.92 bits per heavy atom. The Morgan fingerprint density at radius 1 is 1.46 bits per heavy atom. The molecule has 2 aliphatic heterocycles. The van der Waals surface area contributed by atoms with Crippen LogP contribution in [-0.4, -0.2) is 40.6 Å². The monoisotopic (exact) mass is 184 g/mol. The lowest BCUT2D eigenvalue weighted by Gasteiger charge is -2.40. The van der Waals surface area contributed by atoms with Gasteiger partial charge in [-0.25, -0.2) is 0 Å². The number of carboxylic acids is 1. The molecule has 2 heterocycles. The van der Waals surface area contributed by atoms with Gasteiger partial charge in [0.05, 0.1) is 0 Å². The van der Waals surface area contributed by atoms with Crippen molar-refractivity contribution in [3.8, 4) is 0 Å². The summed E-state index contributed by atoms with van der Waals surface area (Å²) in [4.78, 5) is 13.2. The number of carbonyl (C=O) groups is 1. The number of fused-ring (bicyclic) bond motifs is 2. The number of rotatable bonds is 1. The molecule has 0 amide bonds. The van der Waals surface area contributed by atoms with Crippen molar-refractivity contribution in [2.24, 2.45) is 5.73 Å². The number of piperidine rings is 1. The van der Waals surface area contributed by atoms with Crippen molar-refractivity contribution in [3.05, 3.63) is 0 Å². The number of nitrogens with zero attached hydrogens (tertiary/aromatic N) is 1. The first-order valence-corrected chi connectivity index (χ1v) is 4.77. The predicted octanol–water partition coefficient (Wildman–Crippen LogP) is 0.0251. The summed E-state index contributed by atoms with van der Waals surface area (Å²) < 4.78 is 0. The highest BCUT2D eigenvalue weighted by Crippen LogP contribution is 2.38. The van der Waals surface area contributed by atoms with Crippen LogP contribution < -0.4 is 5.73 Å². The van der Waals surface area contributed by atoms with Crippen LogP contribution in [0.1, 0.15) is 25.7 Å². The zero-order chi connectivity index (χ0) is 9.64. The van der Waals surface area contributed by atoms with E-state index in [2.05, 4.69) is 11.9 Å². The van der Waals surface area contributed by atoms with Gasteiger partial charge in [0.2, 0.25) is 0 Å². The van der Waals surface area contributed by atoms with Gasteiger partial charge in [0, 0.05) is 12.1 Å². The molecule has 2 rings (SSSR count). The summed E-state index contributed by atoms with van der Waals surface area (Å²) in [5, 5.41) is 9.00. The topological polar surface area (TPSA) is 66.6 Å². The van der Waals surface area contributed by atoms with Crippen molar-refractivity contribution in [1.29, 1.82) is 0 Å². The van der Waals surface area contributed by atoms with Crippen LogP contribution in [0.5, 0.6) is 0 Å². The molecule has 3 atom stereocenters. The van der Waals surface area contributed by atoms with Crippen LogP contribution in [0.2, 0.25) is 0 Å². The van der Waals surface area contributed by atoms with E-state index >= 15 is 0 Å². The summed E-state index contributed by atoms with van der Waals surface area (Å²) in [5.41, 5.74) is 4.90. The second kappa shape index (κ2) is 2.69. The van der Waals surface area contributed by atoms with Crippen LogP contribution in [0.25, 0.3) is 0 Å². The van der Waals surface area contributed by atoms with Crippen molar-refractivity contribution in [1.82, 2.24) is 4.90 Å². The van der Waals surface area contributed by atoms with Gasteiger partial charge in [-0.2, -0.15) is 0 Å². The largest absolute Gasteiger partial charge is 0.480 e. The van der Waals surface area contributed by atoms with Gasteiger partial charge in [-0.05, 0) is 32.7 Å². The molecular weight excluding hydrogens is 168 g/mol. The second-order valence-corrected chi connectivity index (χ2v) is 4.42. The zero-order valence-electron chi connectivity index (χ0n) is 7.86. The van der Waals surface area contributed by atoms with Gasteiger partial charge >= 0.3 is 5.97 Å². The summed E-state index contributed by atoms with van der Waals surface area (Å²) in [6.07, 6.45) is 3.42. The van der Waals surface area contributed by atoms with Gasteiger partial charge in [0.1, 0.15) is 5.54 Å². The van der Waals surface area contributed by atoms with Crippen molar-refractivity contribution < 1.29 is 9.90 Å². The normalized spacial score (nSPS) is 45.1. The molecule has 13 heavy (non-hydrogen) atoms. The average molecular weight is 184 g/mol. The van der Waals surface area contributed by atoms with Gasteiger partial charge in [0.15, 0.2) is 0 Å². The fraction of sp³-hybridized carbons (Fsp3) is 0.889. The Balaban J connectivity index is 2.19. The third kappa shape index (κ3) is 1.25. The Bertz CT molecular complexity index is 228. The van der Waals surface area contributed by atoms with Crippen LogP contribution in [0.3, 0.4) is 0 Å². The Kier molecular flexibility index (Phi) is 1.85. The SMILES string of the molecule is CN1[C@@H]2CC[C@H]1CC(N)(C(=O)O)C2. The lowest BCUT2D eigenvalue weighted by atomic mass is 9.84. The molecule has 0 aromatic carbocycles. The Labute approximate surface area is 77.7 Å². The van der Waals surface area contributed by atoms with Gasteiger partial charge < -0.3 is 15.7 Å². The maximum Gasteiger partial charge on any atom is 0.323 e. The van der Waals surface area contributed by atoms with Crippen LogP contribution in [-0.2, 0) is 4.79 Å². The van der Waals surface area contributed by atoms with Crippen LogP contribution >= 0.6 is 0 Å². The minimum absolute atomic E-state index is 0.389. The summed E-state index contributed by atoms with van der Waals surface area (Å²) in [7, 11) is 2.07. The number of nitrogens with two attached hydrogens (primary N) is 1. The van der Waals surface area contributed by atoms with Gasteiger partial charge in [-0.15, -0.1) is 0 Å². The molecule has 0 radical (unpaired) electrons. The molecule has 4 heteroatoms. The lowest BCUT2D eigenvalue weighted by Crippen LogP contribution is -2.58. The average Bonchev–Trinajstić information content (AvgIpc) is 2.33. The zero-order valence-corrected chi connectivity index (χ0v) is 7.86. The quantitative estimate of drug-likeness (QED) is 0.603. The molecule has 2 fully saturated rings. The van der Waals surface area contributed by atoms with E-state index in [1.807, 2.05) is 0 Å². The third-order valence-electron chi connectivity index (χ3n) is 3.61. The molecule has 0 spiro atoms. The molecular formula is C9H16N2O2. The molecule has 1 unspecified atom stereocenters. The minimum Gasteiger partial charge on any atom is -0.480 e. The number of carboxylic acid groups (broad SMARTS) is 1. The molecule has 0 aromatic rings. The van der Waals surface area contributed by atoms with E-state index < -0.39 is 11.5 Å². The number of hydrogen-bond donors (Lipinski definition) is 2. The van der Waals surface area contributed by atoms with E-state index in [1.54, 1.807) is 0 Å². The molecule has 0 saturated carbocycles. The van der Waals surface area contributed by atoms with Crippen molar-refractivity contribution in [2.75, 3.05) is 7.05 Å². The molecule has 2 aliphatic rings. The van der Waals surface area contributed by atoms with E-state index in [9.17, 15) is 4.79 Å². The fourth-order valence-electron chi connectivity index (χ4n) is 2.68. The van der Waals surface area contributed by atoms with E-state index in [-0.39, 0.29) is 0 Å². The van der Waals surface area contributed by atoms with E-state index in [0.717, 1.165) is 12.8 Å². The second-order valence-electron chi connectivity index (χ2n) is 4.42. The molecule has 0 aromatic heterocycles. The maximum atomic E-state index is 11.0. The standard InChI is InChI=1S/C9H16N2O2/c1-11-6-2-3-7(11)5-9(10,4-6)8(12)13/h6-7H,2-5,10H2,1H3,(H,12,13)/t6-,7+,9?. The smallest absolute Gasteiger partial charge is 0.323 e. The third-order valence-corrected chi connectivity index (χ3v) is 3.61. The maximum absolute atomic E-state index is 11.0. The fourth-order valence-corrected chi connectivity index (χ4v) is 2.68. The van der Waals surface area contributed by atoms with Gasteiger partial charge in [0.25, 0.3) is 0 Å². The first kappa shape index (κ1) is 8.97. The molecule has 2 bridgehead atoms. The summed E-state index contributed by atoms with van der Waals surface area (Å²) in [6, 6.07) is 0.777. The molecule has 74 valence electrons. The highest BCUT2D eigenvalue weighted by molar-refractivity contribution is 5.78. The van der Waals surface area contributed by atoms with Crippen LogP contribution in [0.15, 0.2) is 0 Å². The number of aliphatic carboxylic acids is 1. The highest BCUT2D eigenvalue weighted by Gasteiger charge is 2.48. The summed E-state index contributed by atoms with van der Waals surface area (Å²) in [5.74, 6) is -0.836. The van der Waals surface area contributed by atoms with Gasteiger partial charge in [-0.1, -0.05) is 0 Å². The van der Waals surface area contributed by atoms with Crippen molar-refractivity contribution in [3.63, 3.8) is 0 Å². The summed E-state index contributed by atoms with van der Waals surface area (Å²) in [6.45, 7) is 0. The van der Waals surface area contributed by atoms with E-state index in [4.69, 9.17) is 10.8 Å². The highest BCUT2D eigenvalue weighted by atomic mass is 16.4.